The Hall–Kier alpha value is -1.97. The van der Waals surface area contributed by atoms with E-state index in [-0.39, 0.29) is 16.2 Å². The third-order valence-electron chi connectivity index (χ3n) is 4.08. The third kappa shape index (κ3) is 3.89. The molecule has 1 aromatic carbocycles. The number of anilines is 1. The van der Waals surface area contributed by atoms with E-state index >= 15 is 0 Å². The number of nitrogens with one attached hydrogen (secondary N) is 1. The standard InChI is InChI=1S/C17H18BrN3O4S/c1-25-14-6-4-12(17(22)20-16-7-5-13(18)11-19-16)10-15(14)26(23,24)21-8-2-3-9-21/h4-7,10-11H,2-3,8-9H2,1H3,(H,19,20,22). The number of carbonyl (C=O) groups excluding carboxylic acids is 1. The first-order valence-electron chi connectivity index (χ1n) is 8.03. The molecule has 7 nitrogen and oxygen atoms in total. The van der Waals surface area contributed by atoms with Gasteiger partial charge >= 0.3 is 0 Å². The highest BCUT2D eigenvalue weighted by atomic mass is 79.9. The summed E-state index contributed by atoms with van der Waals surface area (Å²) < 4.78 is 33.2. The Morgan fingerprint density at radius 3 is 2.58 bits per heavy atom. The second kappa shape index (κ2) is 7.73. The Bertz CT molecular complexity index is 910. The molecule has 2 aromatic rings. The number of amides is 1. The van der Waals surface area contributed by atoms with Crippen molar-refractivity contribution in [1.82, 2.24) is 9.29 Å². The fraction of sp³-hybridized carbons (Fsp3) is 0.294. The van der Waals surface area contributed by atoms with Gasteiger partial charge in [0.05, 0.1) is 7.11 Å². The zero-order valence-electron chi connectivity index (χ0n) is 14.1. The van der Waals surface area contributed by atoms with Gasteiger partial charge in [-0.25, -0.2) is 13.4 Å². The van der Waals surface area contributed by atoms with Crippen LogP contribution in [0.1, 0.15) is 23.2 Å². The molecule has 1 saturated heterocycles. The second-order valence-electron chi connectivity index (χ2n) is 5.79. The number of benzene rings is 1. The zero-order valence-corrected chi connectivity index (χ0v) is 16.5. The molecular weight excluding hydrogens is 422 g/mol. The topological polar surface area (TPSA) is 88.6 Å². The molecular formula is C17H18BrN3O4S. The van der Waals surface area contributed by atoms with E-state index in [1.807, 2.05) is 0 Å². The Kier molecular flexibility index (Phi) is 5.59. The quantitative estimate of drug-likeness (QED) is 0.773. The van der Waals surface area contributed by atoms with Crippen LogP contribution in [-0.2, 0) is 10.0 Å². The molecule has 0 bridgehead atoms. The van der Waals surface area contributed by atoms with Crippen molar-refractivity contribution in [3.8, 4) is 5.75 Å². The molecule has 2 heterocycles. The van der Waals surface area contributed by atoms with Gasteiger partial charge in [-0.2, -0.15) is 4.31 Å². The highest BCUT2D eigenvalue weighted by molar-refractivity contribution is 9.10. The number of methoxy groups -OCH3 is 1. The summed E-state index contributed by atoms with van der Waals surface area (Å²) >= 11 is 3.28. The van der Waals surface area contributed by atoms with Crippen LogP contribution in [0.25, 0.3) is 0 Å². The van der Waals surface area contributed by atoms with Gasteiger partial charge in [0.1, 0.15) is 16.5 Å². The van der Waals surface area contributed by atoms with Gasteiger partial charge in [-0.1, -0.05) is 0 Å². The van der Waals surface area contributed by atoms with E-state index in [1.54, 1.807) is 18.3 Å². The van der Waals surface area contributed by atoms with E-state index in [1.165, 1.54) is 29.6 Å². The summed E-state index contributed by atoms with van der Waals surface area (Å²) in [5, 5.41) is 2.65. The van der Waals surface area contributed by atoms with Crippen LogP contribution in [-0.4, -0.2) is 43.8 Å². The first-order chi connectivity index (χ1) is 12.4. The number of rotatable bonds is 5. The van der Waals surface area contributed by atoms with Crippen LogP contribution in [0.5, 0.6) is 5.75 Å². The van der Waals surface area contributed by atoms with Crippen molar-refractivity contribution in [2.75, 3.05) is 25.5 Å². The van der Waals surface area contributed by atoms with Gasteiger partial charge < -0.3 is 10.1 Å². The molecule has 0 unspecified atom stereocenters. The lowest BCUT2D eigenvalue weighted by atomic mass is 10.2. The molecule has 138 valence electrons. The first kappa shape index (κ1) is 18.8. The molecule has 1 amide bonds. The number of hydrogen-bond acceptors (Lipinski definition) is 5. The normalized spacial score (nSPS) is 15.0. The number of ether oxygens (including phenoxy) is 1. The third-order valence-corrected chi connectivity index (χ3v) is 6.47. The average Bonchev–Trinajstić information content (AvgIpc) is 3.18. The van der Waals surface area contributed by atoms with Crippen LogP contribution in [0.15, 0.2) is 45.9 Å². The van der Waals surface area contributed by atoms with E-state index in [4.69, 9.17) is 4.74 Å². The fourth-order valence-electron chi connectivity index (χ4n) is 2.73. The van der Waals surface area contributed by atoms with Crippen LogP contribution in [0.2, 0.25) is 0 Å². The minimum Gasteiger partial charge on any atom is -0.495 e. The minimum absolute atomic E-state index is 0.00156. The van der Waals surface area contributed by atoms with Crippen LogP contribution >= 0.6 is 15.9 Å². The zero-order chi connectivity index (χ0) is 18.7. The summed E-state index contributed by atoms with van der Waals surface area (Å²) in [4.78, 5) is 16.6. The number of nitrogens with zero attached hydrogens (tertiary/aromatic N) is 2. The van der Waals surface area contributed by atoms with E-state index in [9.17, 15) is 13.2 Å². The average molecular weight is 440 g/mol. The lowest BCUT2D eigenvalue weighted by molar-refractivity contribution is 0.102. The van der Waals surface area contributed by atoms with Gasteiger partial charge in [-0.05, 0) is 59.1 Å². The summed E-state index contributed by atoms with van der Waals surface area (Å²) in [6.45, 7) is 0.954. The highest BCUT2D eigenvalue weighted by Crippen LogP contribution is 2.30. The van der Waals surface area contributed by atoms with Crippen LogP contribution in [0.4, 0.5) is 5.82 Å². The molecule has 0 atom stereocenters. The lowest BCUT2D eigenvalue weighted by Crippen LogP contribution is -2.28. The van der Waals surface area contributed by atoms with Crippen molar-refractivity contribution in [3.63, 3.8) is 0 Å². The summed E-state index contributed by atoms with van der Waals surface area (Å²) in [7, 11) is -2.30. The van der Waals surface area contributed by atoms with Crippen molar-refractivity contribution < 1.29 is 17.9 Å². The second-order valence-corrected chi connectivity index (χ2v) is 8.61. The minimum atomic E-state index is -3.71. The molecule has 1 fully saturated rings. The maximum Gasteiger partial charge on any atom is 0.256 e. The predicted octanol–water partition coefficient (Wildman–Crippen LogP) is 2.89. The van der Waals surface area contributed by atoms with Crippen LogP contribution in [0, 0.1) is 0 Å². The maximum atomic E-state index is 12.9. The molecule has 1 aromatic heterocycles. The highest BCUT2D eigenvalue weighted by Gasteiger charge is 2.30. The molecule has 1 aliphatic heterocycles. The van der Waals surface area contributed by atoms with Crippen molar-refractivity contribution >= 4 is 37.7 Å². The summed E-state index contributed by atoms with van der Waals surface area (Å²) in [6.07, 6.45) is 3.22. The summed E-state index contributed by atoms with van der Waals surface area (Å²) in [5.74, 6) is 0.147. The molecule has 0 saturated carbocycles. The van der Waals surface area contributed by atoms with Gasteiger partial charge in [-0.15, -0.1) is 0 Å². The van der Waals surface area contributed by atoms with Gasteiger partial charge in [-0.3, -0.25) is 4.79 Å². The van der Waals surface area contributed by atoms with E-state index < -0.39 is 15.9 Å². The number of carbonyl (C=O) groups is 1. The Labute approximate surface area is 160 Å². The monoisotopic (exact) mass is 439 g/mol. The predicted molar refractivity (Wildman–Crippen MR) is 101 cm³/mol. The molecule has 26 heavy (non-hydrogen) atoms. The first-order valence-corrected chi connectivity index (χ1v) is 10.3. The van der Waals surface area contributed by atoms with E-state index in [0.717, 1.165) is 17.3 Å². The largest absolute Gasteiger partial charge is 0.495 e. The van der Waals surface area contributed by atoms with Gasteiger partial charge in [0, 0.05) is 29.3 Å². The fourth-order valence-corrected chi connectivity index (χ4v) is 4.66. The van der Waals surface area contributed by atoms with Crippen molar-refractivity contribution in [1.29, 1.82) is 0 Å². The van der Waals surface area contributed by atoms with E-state index in [0.29, 0.717) is 18.9 Å². The molecule has 3 rings (SSSR count). The van der Waals surface area contributed by atoms with Gasteiger partial charge in [0.2, 0.25) is 10.0 Å². The number of aromatic nitrogens is 1. The number of halogens is 1. The Morgan fingerprint density at radius 1 is 1.23 bits per heavy atom. The van der Waals surface area contributed by atoms with Crippen molar-refractivity contribution in [2.24, 2.45) is 0 Å². The molecule has 9 heteroatoms. The smallest absolute Gasteiger partial charge is 0.256 e. The number of hydrogen-bond donors (Lipinski definition) is 1. The van der Waals surface area contributed by atoms with Crippen molar-refractivity contribution in [3.05, 3.63) is 46.6 Å². The molecule has 0 spiro atoms. The molecule has 1 aliphatic rings. The van der Waals surface area contributed by atoms with Gasteiger partial charge in [0.25, 0.3) is 5.91 Å². The SMILES string of the molecule is COc1ccc(C(=O)Nc2ccc(Br)cn2)cc1S(=O)(=O)N1CCCC1. The molecule has 1 N–H and O–H groups in total. The van der Waals surface area contributed by atoms with E-state index in [2.05, 4.69) is 26.2 Å². The number of sulfonamides is 1. The maximum absolute atomic E-state index is 12.9. The molecule has 0 radical (unpaired) electrons. The van der Waals surface area contributed by atoms with Crippen LogP contribution in [0.3, 0.4) is 0 Å². The Morgan fingerprint density at radius 2 is 1.96 bits per heavy atom. The lowest BCUT2D eigenvalue weighted by Gasteiger charge is -2.18. The van der Waals surface area contributed by atoms with Crippen LogP contribution < -0.4 is 10.1 Å². The summed E-state index contributed by atoms with van der Waals surface area (Å²) in [5.41, 5.74) is 0.216. The Balaban J connectivity index is 1.91. The van der Waals surface area contributed by atoms with Gasteiger partial charge in [0.15, 0.2) is 0 Å². The van der Waals surface area contributed by atoms with Crippen molar-refractivity contribution in [2.45, 2.75) is 17.7 Å². The molecule has 0 aliphatic carbocycles. The summed E-state index contributed by atoms with van der Waals surface area (Å²) in [6, 6.07) is 7.76. The number of pyridine rings is 1.